The summed E-state index contributed by atoms with van der Waals surface area (Å²) in [6.45, 7) is 5.16. The molecule has 1 aromatic heterocycles. The number of halogens is 2. The molecule has 0 aliphatic carbocycles. The van der Waals surface area contributed by atoms with E-state index in [9.17, 15) is 4.79 Å². The van der Waals surface area contributed by atoms with E-state index in [1.54, 1.807) is 0 Å². The Hall–Kier alpha value is -1.30. The highest BCUT2D eigenvalue weighted by Crippen LogP contribution is 2.23. The molecule has 1 heterocycles. The van der Waals surface area contributed by atoms with E-state index in [-0.39, 0.29) is 18.3 Å². The smallest absolute Gasteiger partial charge is 0.253 e. The molecule has 3 N–H and O–H groups in total. The first-order valence-corrected chi connectivity index (χ1v) is 7.77. The molecule has 120 valence electrons. The van der Waals surface area contributed by atoms with Crippen molar-refractivity contribution in [3.05, 3.63) is 51.8 Å². The van der Waals surface area contributed by atoms with Gasteiger partial charge in [0, 0.05) is 28.1 Å². The van der Waals surface area contributed by atoms with E-state index in [1.807, 2.05) is 44.2 Å². The zero-order valence-corrected chi connectivity index (χ0v) is 15.1. The summed E-state index contributed by atoms with van der Waals surface area (Å²) in [5.41, 5.74) is 9.17. The largest absolute Gasteiger partial charge is 0.352 e. The van der Waals surface area contributed by atoms with Crippen LogP contribution in [0.5, 0.6) is 0 Å². The van der Waals surface area contributed by atoms with Gasteiger partial charge in [-0.15, -0.1) is 12.4 Å². The Morgan fingerprint density at radius 1 is 1.32 bits per heavy atom. The van der Waals surface area contributed by atoms with E-state index in [1.165, 1.54) is 0 Å². The van der Waals surface area contributed by atoms with Gasteiger partial charge < -0.3 is 15.6 Å². The molecule has 6 heteroatoms. The number of nitrogens with one attached hydrogen (secondary N) is 1. The predicted octanol–water partition coefficient (Wildman–Crippen LogP) is 3.36. The molecule has 1 amide bonds. The number of carbonyl (C=O) groups excluding carboxylic acids is 1. The second kappa shape index (κ2) is 8.36. The second-order valence-electron chi connectivity index (χ2n) is 5.00. The zero-order chi connectivity index (χ0) is 15.4. The summed E-state index contributed by atoms with van der Waals surface area (Å²) < 4.78 is 3.10. The van der Waals surface area contributed by atoms with Crippen LogP contribution >= 0.6 is 28.3 Å². The maximum absolute atomic E-state index is 12.2. The molecule has 22 heavy (non-hydrogen) atoms. The van der Waals surface area contributed by atoms with Gasteiger partial charge in [0.15, 0.2) is 0 Å². The van der Waals surface area contributed by atoms with Crippen LogP contribution in [0.1, 0.15) is 28.2 Å². The molecule has 2 aromatic rings. The maximum atomic E-state index is 12.2. The average Bonchev–Trinajstić information content (AvgIpc) is 2.74. The van der Waals surface area contributed by atoms with Crippen molar-refractivity contribution in [1.82, 2.24) is 9.88 Å². The molecule has 2 rings (SSSR count). The number of amides is 1. The number of hydrogen-bond acceptors (Lipinski definition) is 2. The van der Waals surface area contributed by atoms with Gasteiger partial charge in [-0.05, 0) is 51.1 Å². The first-order chi connectivity index (χ1) is 10.0. The molecule has 0 saturated heterocycles. The van der Waals surface area contributed by atoms with Gasteiger partial charge in [-0.25, -0.2) is 0 Å². The molecule has 0 atom stereocenters. The molecule has 0 bridgehead atoms. The first kappa shape index (κ1) is 18.7. The fourth-order valence-corrected chi connectivity index (χ4v) is 2.79. The summed E-state index contributed by atoms with van der Waals surface area (Å²) in [7, 11) is 0. The highest BCUT2D eigenvalue weighted by Gasteiger charge is 2.16. The van der Waals surface area contributed by atoms with Crippen molar-refractivity contribution < 1.29 is 4.79 Å². The lowest BCUT2D eigenvalue weighted by Gasteiger charge is -2.10. The minimum Gasteiger partial charge on any atom is -0.352 e. The third-order valence-electron chi connectivity index (χ3n) is 3.41. The van der Waals surface area contributed by atoms with Crippen LogP contribution in [0.4, 0.5) is 0 Å². The first-order valence-electron chi connectivity index (χ1n) is 6.97. The van der Waals surface area contributed by atoms with E-state index in [0.717, 1.165) is 28.0 Å². The Labute approximate surface area is 145 Å². The van der Waals surface area contributed by atoms with Crippen molar-refractivity contribution in [2.45, 2.75) is 20.3 Å². The summed E-state index contributed by atoms with van der Waals surface area (Å²) in [5, 5.41) is 2.90. The Bertz CT molecular complexity index is 655. The van der Waals surface area contributed by atoms with Gasteiger partial charge >= 0.3 is 0 Å². The second-order valence-corrected chi connectivity index (χ2v) is 5.91. The van der Waals surface area contributed by atoms with Crippen LogP contribution in [0.3, 0.4) is 0 Å². The Morgan fingerprint density at radius 3 is 2.68 bits per heavy atom. The Morgan fingerprint density at radius 2 is 2.05 bits per heavy atom. The topological polar surface area (TPSA) is 60.1 Å². The molecule has 0 saturated carbocycles. The molecule has 0 aliphatic heterocycles. The third-order valence-corrected chi connectivity index (χ3v) is 3.90. The van der Waals surface area contributed by atoms with Gasteiger partial charge in [0.2, 0.25) is 0 Å². The number of nitrogens with two attached hydrogens (primary N) is 1. The lowest BCUT2D eigenvalue weighted by molar-refractivity contribution is 0.0953. The van der Waals surface area contributed by atoms with Crippen LogP contribution in [-0.4, -0.2) is 23.6 Å². The highest BCUT2D eigenvalue weighted by molar-refractivity contribution is 9.10. The number of carbonyl (C=O) groups is 1. The summed E-state index contributed by atoms with van der Waals surface area (Å²) in [5.74, 6) is -0.0437. The summed E-state index contributed by atoms with van der Waals surface area (Å²) >= 11 is 3.48. The van der Waals surface area contributed by atoms with Crippen molar-refractivity contribution in [2.75, 3.05) is 13.1 Å². The van der Waals surface area contributed by atoms with Crippen molar-refractivity contribution in [1.29, 1.82) is 0 Å². The van der Waals surface area contributed by atoms with Crippen LogP contribution in [0.2, 0.25) is 0 Å². The van der Waals surface area contributed by atoms with Crippen molar-refractivity contribution in [2.24, 2.45) is 5.73 Å². The minimum atomic E-state index is -0.0437. The molecular weight excluding hydrogens is 366 g/mol. The molecule has 0 radical (unpaired) electrons. The van der Waals surface area contributed by atoms with Gasteiger partial charge in [0.25, 0.3) is 5.91 Å². The van der Waals surface area contributed by atoms with Gasteiger partial charge in [-0.2, -0.15) is 0 Å². The van der Waals surface area contributed by atoms with Gasteiger partial charge in [0.1, 0.15) is 0 Å². The minimum absolute atomic E-state index is 0. The number of aryl methyl sites for hydroxylation is 1. The number of rotatable bonds is 5. The Kier molecular flexibility index (Phi) is 7.13. The average molecular weight is 387 g/mol. The summed E-state index contributed by atoms with van der Waals surface area (Å²) in [4.78, 5) is 12.2. The SMILES string of the molecule is Cc1cc(C(=O)NCCCN)c(C)n1-c1cccc(Br)c1.Cl. The zero-order valence-electron chi connectivity index (χ0n) is 12.7. The number of hydrogen-bond donors (Lipinski definition) is 2. The fraction of sp³-hybridized carbons (Fsp3) is 0.312. The third kappa shape index (κ3) is 4.12. The number of nitrogens with zero attached hydrogens (tertiary/aromatic N) is 1. The summed E-state index contributed by atoms with van der Waals surface area (Å²) in [6, 6.07) is 9.96. The summed E-state index contributed by atoms with van der Waals surface area (Å²) in [6.07, 6.45) is 0.788. The Balaban J connectivity index is 0.00000242. The predicted molar refractivity (Wildman–Crippen MR) is 96.2 cm³/mol. The standard InChI is InChI=1S/C16H20BrN3O.ClH/c1-11-9-15(16(21)19-8-4-7-18)12(2)20(11)14-6-3-5-13(17)10-14;/h3,5-6,9-10H,4,7-8,18H2,1-2H3,(H,19,21);1H. The molecule has 0 spiro atoms. The molecule has 4 nitrogen and oxygen atoms in total. The van der Waals surface area contributed by atoms with Crippen molar-refractivity contribution >= 4 is 34.2 Å². The van der Waals surface area contributed by atoms with Crippen LogP contribution < -0.4 is 11.1 Å². The van der Waals surface area contributed by atoms with E-state index in [4.69, 9.17) is 5.73 Å². The molecule has 0 fully saturated rings. The molecule has 1 aromatic carbocycles. The quantitative estimate of drug-likeness (QED) is 0.774. The monoisotopic (exact) mass is 385 g/mol. The maximum Gasteiger partial charge on any atom is 0.253 e. The van der Waals surface area contributed by atoms with E-state index in [0.29, 0.717) is 18.7 Å². The van der Waals surface area contributed by atoms with Crippen molar-refractivity contribution in [3.8, 4) is 5.69 Å². The van der Waals surface area contributed by atoms with E-state index < -0.39 is 0 Å². The normalized spacial score (nSPS) is 10.2. The van der Waals surface area contributed by atoms with Crippen molar-refractivity contribution in [3.63, 3.8) is 0 Å². The van der Waals surface area contributed by atoms with Crippen LogP contribution in [0.15, 0.2) is 34.8 Å². The molecular formula is C16H21BrClN3O. The van der Waals surface area contributed by atoms with Gasteiger partial charge in [-0.3, -0.25) is 4.79 Å². The van der Waals surface area contributed by atoms with Crippen LogP contribution in [-0.2, 0) is 0 Å². The lowest BCUT2D eigenvalue weighted by Crippen LogP contribution is -2.26. The molecule has 0 aliphatic rings. The molecule has 0 unspecified atom stereocenters. The van der Waals surface area contributed by atoms with Crippen LogP contribution in [0.25, 0.3) is 5.69 Å². The van der Waals surface area contributed by atoms with E-state index >= 15 is 0 Å². The van der Waals surface area contributed by atoms with Gasteiger partial charge in [-0.1, -0.05) is 22.0 Å². The van der Waals surface area contributed by atoms with Gasteiger partial charge in [0.05, 0.1) is 5.56 Å². The van der Waals surface area contributed by atoms with Crippen LogP contribution in [0, 0.1) is 13.8 Å². The lowest BCUT2D eigenvalue weighted by atomic mass is 10.2. The highest BCUT2D eigenvalue weighted by atomic mass is 79.9. The fourth-order valence-electron chi connectivity index (χ4n) is 2.40. The number of benzene rings is 1. The number of aromatic nitrogens is 1. The van der Waals surface area contributed by atoms with E-state index in [2.05, 4.69) is 25.8 Å².